The molecule has 7 heteroatoms. The van der Waals surface area contributed by atoms with Gasteiger partial charge in [-0.2, -0.15) is 0 Å². The van der Waals surface area contributed by atoms with Gasteiger partial charge in [0, 0.05) is 18.5 Å². The van der Waals surface area contributed by atoms with Gasteiger partial charge in [-0.3, -0.25) is 10.1 Å². The highest BCUT2D eigenvalue weighted by Crippen LogP contribution is 2.25. The van der Waals surface area contributed by atoms with Crippen LogP contribution in [-0.2, 0) is 11.3 Å². The lowest BCUT2D eigenvalue weighted by molar-refractivity contribution is -0.123. The zero-order chi connectivity index (χ0) is 18.1. The number of aromatic amines is 1. The first-order chi connectivity index (χ1) is 12.5. The molecule has 1 aromatic heterocycles. The summed E-state index contributed by atoms with van der Waals surface area (Å²) >= 11 is 0. The van der Waals surface area contributed by atoms with Crippen LogP contribution in [0.4, 0.5) is 8.78 Å². The highest BCUT2D eigenvalue weighted by atomic mass is 19.3. The molecule has 134 valence electrons. The van der Waals surface area contributed by atoms with Gasteiger partial charge in [-0.05, 0) is 17.7 Å². The van der Waals surface area contributed by atoms with E-state index in [-0.39, 0.29) is 0 Å². The number of carbonyl (C=O) groups excluding carboxylic acids is 1. The Morgan fingerprint density at radius 3 is 2.65 bits per heavy atom. The standard InChI is InChI=1S/C19H18F2N4O/c20-19(21)9-16(23-11-19)18(26)22-10-12-5-7-13(8-6-12)17-24-14-3-1-2-4-15(14)25-17/h1-8,16,23H,9-11H2,(H,22,26)(H,24,25). The molecule has 0 bridgehead atoms. The maximum absolute atomic E-state index is 13.1. The summed E-state index contributed by atoms with van der Waals surface area (Å²) in [4.78, 5) is 19.8. The third-order valence-corrected chi connectivity index (χ3v) is 4.51. The molecule has 0 aliphatic carbocycles. The van der Waals surface area contributed by atoms with Crippen molar-refractivity contribution in [1.29, 1.82) is 0 Å². The van der Waals surface area contributed by atoms with Crippen LogP contribution >= 0.6 is 0 Å². The van der Waals surface area contributed by atoms with Crippen LogP contribution in [0.15, 0.2) is 48.5 Å². The molecule has 1 aliphatic heterocycles. The summed E-state index contributed by atoms with van der Waals surface area (Å²) in [7, 11) is 0. The Bertz CT molecular complexity index is 903. The molecule has 4 rings (SSSR count). The van der Waals surface area contributed by atoms with Gasteiger partial charge in [0.05, 0.1) is 23.6 Å². The molecule has 0 spiro atoms. The third-order valence-electron chi connectivity index (χ3n) is 4.51. The first-order valence-corrected chi connectivity index (χ1v) is 8.43. The number of rotatable bonds is 4. The molecular formula is C19H18F2N4O. The lowest BCUT2D eigenvalue weighted by atomic mass is 10.1. The van der Waals surface area contributed by atoms with Crippen molar-refractivity contribution in [2.75, 3.05) is 6.54 Å². The molecule has 0 saturated carbocycles. The predicted molar refractivity (Wildman–Crippen MR) is 94.7 cm³/mol. The van der Waals surface area contributed by atoms with Crippen molar-refractivity contribution in [2.45, 2.75) is 24.9 Å². The number of halogens is 2. The van der Waals surface area contributed by atoms with E-state index in [9.17, 15) is 13.6 Å². The van der Waals surface area contributed by atoms with Gasteiger partial charge in [-0.25, -0.2) is 13.8 Å². The van der Waals surface area contributed by atoms with Crippen molar-refractivity contribution < 1.29 is 13.6 Å². The SMILES string of the molecule is O=C(NCc1ccc(-c2nc3ccccc3[nH]2)cc1)C1CC(F)(F)CN1. The molecule has 3 N–H and O–H groups in total. The minimum absolute atomic E-state index is 0.295. The number of alkyl halides is 2. The van der Waals surface area contributed by atoms with E-state index in [0.29, 0.717) is 6.54 Å². The number of carbonyl (C=O) groups is 1. The van der Waals surface area contributed by atoms with Crippen LogP contribution in [0.3, 0.4) is 0 Å². The third kappa shape index (κ3) is 3.43. The Kier molecular flexibility index (Phi) is 4.16. The van der Waals surface area contributed by atoms with Crippen LogP contribution in [0.2, 0.25) is 0 Å². The lowest BCUT2D eigenvalue weighted by Crippen LogP contribution is -2.40. The van der Waals surface area contributed by atoms with Crippen molar-refractivity contribution in [3.8, 4) is 11.4 Å². The van der Waals surface area contributed by atoms with E-state index in [0.717, 1.165) is 28.0 Å². The maximum Gasteiger partial charge on any atom is 0.262 e. The van der Waals surface area contributed by atoms with Crippen molar-refractivity contribution in [3.63, 3.8) is 0 Å². The van der Waals surface area contributed by atoms with Crippen LogP contribution in [0.25, 0.3) is 22.4 Å². The van der Waals surface area contributed by atoms with Gasteiger partial charge in [0.2, 0.25) is 5.91 Å². The van der Waals surface area contributed by atoms with Gasteiger partial charge in [0.25, 0.3) is 5.92 Å². The molecule has 0 radical (unpaired) electrons. The number of para-hydroxylation sites is 2. The molecular weight excluding hydrogens is 338 g/mol. The first kappa shape index (κ1) is 16.7. The summed E-state index contributed by atoms with van der Waals surface area (Å²) in [5.41, 5.74) is 3.70. The Hall–Kier alpha value is -2.80. The fourth-order valence-corrected chi connectivity index (χ4v) is 3.08. The summed E-state index contributed by atoms with van der Waals surface area (Å²) in [6, 6.07) is 14.6. The average Bonchev–Trinajstić information content (AvgIpc) is 3.23. The largest absolute Gasteiger partial charge is 0.351 e. The first-order valence-electron chi connectivity index (χ1n) is 8.43. The minimum atomic E-state index is -2.81. The Labute approximate surface area is 148 Å². The smallest absolute Gasteiger partial charge is 0.262 e. The Morgan fingerprint density at radius 2 is 1.96 bits per heavy atom. The van der Waals surface area contributed by atoms with Crippen LogP contribution < -0.4 is 10.6 Å². The quantitative estimate of drug-likeness (QED) is 0.673. The number of benzene rings is 2. The van der Waals surface area contributed by atoms with Gasteiger partial charge in [0.1, 0.15) is 5.82 Å². The number of nitrogens with one attached hydrogen (secondary N) is 3. The molecule has 1 saturated heterocycles. The number of hydrogen-bond donors (Lipinski definition) is 3. The summed E-state index contributed by atoms with van der Waals surface area (Å²) in [6.07, 6.45) is -0.455. The number of H-pyrrole nitrogens is 1. The van der Waals surface area contributed by atoms with Crippen molar-refractivity contribution in [3.05, 3.63) is 54.1 Å². The van der Waals surface area contributed by atoms with E-state index in [1.54, 1.807) is 0 Å². The normalized spacial score (nSPS) is 18.9. The number of nitrogens with zero attached hydrogens (tertiary/aromatic N) is 1. The zero-order valence-corrected chi connectivity index (χ0v) is 13.9. The van der Waals surface area contributed by atoms with E-state index in [1.165, 1.54) is 0 Å². The van der Waals surface area contributed by atoms with Gasteiger partial charge < -0.3 is 10.3 Å². The van der Waals surface area contributed by atoms with Gasteiger partial charge in [0.15, 0.2) is 0 Å². The van der Waals surface area contributed by atoms with E-state index < -0.39 is 30.8 Å². The lowest BCUT2D eigenvalue weighted by Gasteiger charge is -2.11. The molecule has 1 fully saturated rings. The van der Waals surface area contributed by atoms with E-state index in [1.807, 2.05) is 48.5 Å². The molecule has 1 amide bonds. The maximum atomic E-state index is 13.1. The average molecular weight is 356 g/mol. The van der Waals surface area contributed by atoms with Crippen molar-refractivity contribution in [1.82, 2.24) is 20.6 Å². The van der Waals surface area contributed by atoms with Crippen LogP contribution in [0, 0.1) is 0 Å². The number of hydrogen-bond acceptors (Lipinski definition) is 3. The van der Waals surface area contributed by atoms with Gasteiger partial charge in [-0.1, -0.05) is 36.4 Å². The number of amides is 1. The summed E-state index contributed by atoms with van der Waals surface area (Å²) in [5, 5.41) is 5.25. The predicted octanol–water partition coefficient (Wildman–Crippen LogP) is 2.84. The number of imidazole rings is 1. The van der Waals surface area contributed by atoms with Crippen LogP contribution in [-0.4, -0.2) is 34.4 Å². The van der Waals surface area contributed by atoms with Gasteiger partial charge >= 0.3 is 0 Å². The molecule has 1 aliphatic rings. The molecule has 1 atom stereocenters. The van der Waals surface area contributed by atoms with E-state index in [4.69, 9.17) is 0 Å². The van der Waals surface area contributed by atoms with E-state index in [2.05, 4.69) is 20.6 Å². The fourth-order valence-electron chi connectivity index (χ4n) is 3.08. The zero-order valence-electron chi connectivity index (χ0n) is 13.9. The fraction of sp³-hybridized carbons (Fsp3) is 0.263. The highest BCUT2D eigenvalue weighted by Gasteiger charge is 2.42. The van der Waals surface area contributed by atoms with Gasteiger partial charge in [-0.15, -0.1) is 0 Å². The van der Waals surface area contributed by atoms with Crippen molar-refractivity contribution >= 4 is 16.9 Å². The second-order valence-corrected chi connectivity index (χ2v) is 6.51. The molecule has 5 nitrogen and oxygen atoms in total. The summed E-state index contributed by atoms with van der Waals surface area (Å²) in [5.74, 6) is -2.43. The second-order valence-electron chi connectivity index (χ2n) is 6.51. The van der Waals surface area contributed by atoms with Crippen LogP contribution in [0.1, 0.15) is 12.0 Å². The second kappa shape index (κ2) is 6.49. The molecule has 3 aromatic rings. The van der Waals surface area contributed by atoms with Crippen molar-refractivity contribution in [2.24, 2.45) is 0 Å². The number of fused-ring (bicyclic) bond motifs is 1. The van der Waals surface area contributed by atoms with Crippen LogP contribution in [0.5, 0.6) is 0 Å². The Balaban J connectivity index is 1.39. The topological polar surface area (TPSA) is 69.8 Å². The van der Waals surface area contributed by atoms with E-state index >= 15 is 0 Å². The monoisotopic (exact) mass is 356 g/mol. The molecule has 26 heavy (non-hydrogen) atoms. The summed E-state index contributed by atoms with van der Waals surface area (Å²) in [6.45, 7) is -0.153. The summed E-state index contributed by atoms with van der Waals surface area (Å²) < 4.78 is 26.3. The highest BCUT2D eigenvalue weighted by molar-refractivity contribution is 5.82. The molecule has 2 heterocycles. The Morgan fingerprint density at radius 1 is 1.19 bits per heavy atom. The molecule has 1 unspecified atom stereocenters. The minimum Gasteiger partial charge on any atom is -0.351 e. The number of aromatic nitrogens is 2. The molecule has 2 aromatic carbocycles.